The van der Waals surface area contributed by atoms with Crippen LogP contribution >= 0.6 is 0 Å². The van der Waals surface area contributed by atoms with E-state index in [2.05, 4.69) is 5.32 Å². The maximum Gasteiger partial charge on any atom is 0.240 e. The average molecular weight is 262 g/mol. The van der Waals surface area contributed by atoms with E-state index in [4.69, 9.17) is 5.73 Å². The fourth-order valence-corrected chi connectivity index (χ4v) is 1.88. The van der Waals surface area contributed by atoms with Crippen molar-refractivity contribution in [2.45, 2.75) is 39.2 Å². The van der Waals surface area contributed by atoms with Crippen LogP contribution in [0.3, 0.4) is 0 Å². The van der Waals surface area contributed by atoms with Crippen LogP contribution in [-0.2, 0) is 16.0 Å². The van der Waals surface area contributed by atoms with Gasteiger partial charge in [0.15, 0.2) is 0 Å². The van der Waals surface area contributed by atoms with Gasteiger partial charge in [0.25, 0.3) is 0 Å². The van der Waals surface area contributed by atoms with Crippen LogP contribution in [0, 0.1) is 5.92 Å². The number of rotatable bonds is 7. The molecule has 0 saturated carbocycles. The van der Waals surface area contributed by atoms with E-state index >= 15 is 0 Å². The summed E-state index contributed by atoms with van der Waals surface area (Å²) in [6.07, 6.45) is 1.83. The molecule has 0 aliphatic heterocycles. The van der Waals surface area contributed by atoms with E-state index < -0.39 is 11.9 Å². The molecule has 1 rings (SSSR count). The number of amides is 2. The zero-order valence-electron chi connectivity index (χ0n) is 11.6. The molecular formula is C15H22N2O2. The lowest BCUT2D eigenvalue weighted by Crippen LogP contribution is -2.48. The Bertz CT molecular complexity index is 417. The van der Waals surface area contributed by atoms with Crippen molar-refractivity contribution in [3.05, 3.63) is 35.9 Å². The van der Waals surface area contributed by atoms with Gasteiger partial charge in [-0.25, -0.2) is 0 Å². The van der Waals surface area contributed by atoms with Gasteiger partial charge in [0.05, 0.1) is 0 Å². The van der Waals surface area contributed by atoms with E-state index in [9.17, 15) is 9.59 Å². The second kappa shape index (κ2) is 7.56. The standard InChI is InChI=1S/C15H22N2O2/c1-3-11(2)14(15(16)19)17-13(18)10-9-12-7-5-4-6-8-12/h4-8,11,14H,3,9-10H2,1-2H3,(H2,16,19)(H,17,18)/t11-,14+/m0/s1. The molecule has 0 bridgehead atoms. The van der Waals surface area contributed by atoms with Gasteiger partial charge in [-0.15, -0.1) is 0 Å². The van der Waals surface area contributed by atoms with E-state index in [-0.39, 0.29) is 11.8 Å². The number of hydrogen-bond donors (Lipinski definition) is 2. The Morgan fingerprint density at radius 1 is 1.26 bits per heavy atom. The summed E-state index contributed by atoms with van der Waals surface area (Å²) in [4.78, 5) is 23.1. The lowest BCUT2D eigenvalue weighted by atomic mass is 9.98. The normalized spacial score (nSPS) is 13.6. The number of nitrogens with two attached hydrogens (primary N) is 1. The van der Waals surface area contributed by atoms with Gasteiger partial charge in [-0.05, 0) is 17.9 Å². The largest absolute Gasteiger partial charge is 0.368 e. The van der Waals surface area contributed by atoms with Gasteiger partial charge in [-0.1, -0.05) is 50.6 Å². The van der Waals surface area contributed by atoms with E-state index in [1.54, 1.807) is 0 Å². The Kier molecular flexibility index (Phi) is 6.06. The van der Waals surface area contributed by atoms with Crippen LogP contribution < -0.4 is 11.1 Å². The quantitative estimate of drug-likeness (QED) is 0.784. The minimum atomic E-state index is -0.576. The predicted molar refractivity (Wildman–Crippen MR) is 75.3 cm³/mol. The van der Waals surface area contributed by atoms with Crippen molar-refractivity contribution < 1.29 is 9.59 Å². The molecule has 0 fully saturated rings. The molecule has 0 heterocycles. The molecule has 1 aromatic rings. The number of aryl methyl sites for hydroxylation is 1. The zero-order chi connectivity index (χ0) is 14.3. The third-order valence-electron chi connectivity index (χ3n) is 3.32. The van der Waals surface area contributed by atoms with Crippen LogP contribution in [0.4, 0.5) is 0 Å². The molecule has 1 aromatic carbocycles. The van der Waals surface area contributed by atoms with Crippen molar-refractivity contribution in [2.24, 2.45) is 11.7 Å². The first-order valence-electron chi connectivity index (χ1n) is 6.67. The molecule has 0 aliphatic carbocycles. The van der Waals surface area contributed by atoms with E-state index in [1.807, 2.05) is 44.2 Å². The highest BCUT2D eigenvalue weighted by molar-refractivity contribution is 5.86. The maximum absolute atomic E-state index is 11.8. The summed E-state index contributed by atoms with van der Waals surface area (Å²) in [6.45, 7) is 3.88. The van der Waals surface area contributed by atoms with Crippen LogP contribution in [-0.4, -0.2) is 17.9 Å². The van der Waals surface area contributed by atoms with Gasteiger partial charge in [-0.2, -0.15) is 0 Å². The molecule has 2 atom stereocenters. The molecule has 0 unspecified atom stereocenters. The summed E-state index contributed by atoms with van der Waals surface area (Å²) in [5, 5.41) is 2.72. The summed E-state index contributed by atoms with van der Waals surface area (Å²) < 4.78 is 0. The van der Waals surface area contributed by atoms with Gasteiger partial charge >= 0.3 is 0 Å². The Balaban J connectivity index is 2.47. The molecule has 104 valence electrons. The summed E-state index contributed by atoms with van der Waals surface area (Å²) in [6, 6.07) is 9.21. The van der Waals surface area contributed by atoms with Crippen LogP contribution in [0.25, 0.3) is 0 Å². The van der Waals surface area contributed by atoms with Crippen LogP contribution in [0.15, 0.2) is 30.3 Å². The third kappa shape index (κ3) is 5.12. The highest BCUT2D eigenvalue weighted by atomic mass is 16.2. The first kappa shape index (κ1) is 15.2. The molecule has 4 heteroatoms. The zero-order valence-corrected chi connectivity index (χ0v) is 11.6. The minimum Gasteiger partial charge on any atom is -0.368 e. The maximum atomic E-state index is 11.8. The lowest BCUT2D eigenvalue weighted by Gasteiger charge is -2.21. The van der Waals surface area contributed by atoms with Gasteiger partial charge < -0.3 is 11.1 Å². The molecule has 0 aromatic heterocycles. The summed E-state index contributed by atoms with van der Waals surface area (Å²) in [5.74, 6) is -0.548. The monoisotopic (exact) mass is 262 g/mol. The Morgan fingerprint density at radius 2 is 1.89 bits per heavy atom. The molecule has 0 saturated heterocycles. The fourth-order valence-electron chi connectivity index (χ4n) is 1.88. The summed E-state index contributed by atoms with van der Waals surface area (Å²) in [5.41, 5.74) is 6.42. The first-order chi connectivity index (χ1) is 9.04. The van der Waals surface area contributed by atoms with E-state index in [0.717, 1.165) is 12.0 Å². The molecular weight excluding hydrogens is 240 g/mol. The minimum absolute atomic E-state index is 0.0539. The second-order valence-corrected chi connectivity index (χ2v) is 4.82. The van der Waals surface area contributed by atoms with Crippen molar-refractivity contribution in [1.82, 2.24) is 5.32 Å². The lowest BCUT2D eigenvalue weighted by molar-refractivity contribution is -0.128. The molecule has 0 spiro atoms. The number of carbonyl (C=O) groups is 2. The van der Waals surface area contributed by atoms with Crippen molar-refractivity contribution in [3.63, 3.8) is 0 Å². The topological polar surface area (TPSA) is 72.2 Å². The predicted octanol–water partition coefficient (Wildman–Crippen LogP) is 1.64. The smallest absolute Gasteiger partial charge is 0.240 e. The van der Waals surface area contributed by atoms with Crippen LogP contribution in [0.5, 0.6) is 0 Å². The van der Waals surface area contributed by atoms with Crippen molar-refractivity contribution in [2.75, 3.05) is 0 Å². The van der Waals surface area contributed by atoms with Crippen molar-refractivity contribution in [1.29, 1.82) is 0 Å². The third-order valence-corrected chi connectivity index (χ3v) is 3.32. The number of nitrogens with one attached hydrogen (secondary N) is 1. The average Bonchev–Trinajstić information content (AvgIpc) is 2.42. The molecule has 19 heavy (non-hydrogen) atoms. The SMILES string of the molecule is CC[C@H](C)[C@@H](NC(=O)CCc1ccccc1)C(N)=O. The molecule has 4 nitrogen and oxygen atoms in total. The number of hydrogen-bond acceptors (Lipinski definition) is 2. The van der Waals surface area contributed by atoms with Gasteiger partial charge in [0, 0.05) is 6.42 Å². The van der Waals surface area contributed by atoms with Gasteiger partial charge in [0.1, 0.15) is 6.04 Å². The number of carbonyl (C=O) groups excluding carboxylic acids is 2. The van der Waals surface area contributed by atoms with Gasteiger partial charge in [0.2, 0.25) is 11.8 Å². The van der Waals surface area contributed by atoms with Crippen molar-refractivity contribution >= 4 is 11.8 Å². The van der Waals surface area contributed by atoms with E-state index in [0.29, 0.717) is 12.8 Å². The second-order valence-electron chi connectivity index (χ2n) is 4.82. The summed E-state index contributed by atoms with van der Waals surface area (Å²) >= 11 is 0. The molecule has 3 N–H and O–H groups in total. The highest BCUT2D eigenvalue weighted by Crippen LogP contribution is 2.08. The van der Waals surface area contributed by atoms with Crippen LogP contribution in [0.2, 0.25) is 0 Å². The molecule has 0 radical (unpaired) electrons. The number of benzene rings is 1. The van der Waals surface area contributed by atoms with Gasteiger partial charge in [-0.3, -0.25) is 9.59 Å². The first-order valence-corrected chi connectivity index (χ1v) is 6.67. The van der Waals surface area contributed by atoms with Crippen LogP contribution in [0.1, 0.15) is 32.3 Å². The highest BCUT2D eigenvalue weighted by Gasteiger charge is 2.23. The van der Waals surface area contributed by atoms with E-state index in [1.165, 1.54) is 0 Å². The Morgan fingerprint density at radius 3 is 2.42 bits per heavy atom. The summed E-state index contributed by atoms with van der Waals surface area (Å²) in [7, 11) is 0. The number of primary amides is 1. The molecule has 2 amide bonds. The Labute approximate surface area is 114 Å². The van der Waals surface area contributed by atoms with Crippen molar-refractivity contribution in [3.8, 4) is 0 Å². The fraction of sp³-hybridized carbons (Fsp3) is 0.467. The molecule has 0 aliphatic rings. The Hall–Kier alpha value is -1.84.